The summed E-state index contributed by atoms with van der Waals surface area (Å²) in [6, 6.07) is 7.35. The molecule has 0 unspecified atom stereocenters. The summed E-state index contributed by atoms with van der Waals surface area (Å²) < 4.78 is 10.3. The fourth-order valence-electron chi connectivity index (χ4n) is 2.16. The number of pyridine rings is 1. The number of amides is 2. The standard InChI is InChI=1S/C15H25N3O4.C5H5N/c1-10(19)18(7)9-15(5,6)11-8-12(22-17-11)16-13(20)21-14(2,3)4;1-2-4-6-5-3-1/h8H,9H2,1-7H3,(H,16,20);1-5H. The molecule has 0 bridgehead atoms. The third-order valence-electron chi connectivity index (χ3n) is 3.56. The van der Waals surface area contributed by atoms with Crippen molar-refractivity contribution < 1.29 is 18.8 Å². The Bertz CT molecular complexity index is 724. The van der Waals surface area contributed by atoms with Crippen molar-refractivity contribution in [1.29, 1.82) is 0 Å². The molecule has 1 N–H and O–H groups in total. The number of rotatable bonds is 4. The highest BCUT2D eigenvalue weighted by Crippen LogP contribution is 2.26. The molecule has 0 atom stereocenters. The first kappa shape index (κ1) is 23.1. The van der Waals surface area contributed by atoms with Crippen molar-refractivity contribution in [3.05, 3.63) is 42.4 Å². The van der Waals surface area contributed by atoms with Gasteiger partial charge in [0.1, 0.15) is 5.60 Å². The molecule has 0 radical (unpaired) electrons. The lowest BCUT2D eigenvalue weighted by Gasteiger charge is -2.27. The van der Waals surface area contributed by atoms with Crippen molar-refractivity contribution in [3.63, 3.8) is 0 Å². The highest BCUT2D eigenvalue weighted by molar-refractivity contribution is 5.83. The topological polar surface area (TPSA) is 97.6 Å². The summed E-state index contributed by atoms with van der Waals surface area (Å²) in [5.74, 6) is 0.187. The minimum Gasteiger partial charge on any atom is -0.444 e. The molecular weight excluding hydrogens is 360 g/mol. The fourth-order valence-corrected chi connectivity index (χ4v) is 2.16. The highest BCUT2D eigenvalue weighted by atomic mass is 16.6. The number of anilines is 1. The van der Waals surface area contributed by atoms with Gasteiger partial charge in [-0.3, -0.25) is 15.1 Å². The lowest BCUT2D eigenvalue weighted by Crippen LogP contribution is -2.37. The molecule has 2 amide bonds. The predicted molar refractivity (Wildman–Crippen MR) is 107 cm³/mol. The van der Waals surface area contributed by atoms with Crippen molar-refractivity contribution in [2.75, 3.05) is 18.9 Å². The van der Waals surface area contributed by atoms with Gasteiger partial charge in [0, 0.05) is 44.4 Å². The number of aromatic nitrogens is 2. The molecule has 2 rings (SSSR count). The Morgan fingerprint density at radius 2 is 1.75 bits per heavy atom. The SMILES string of the molecule is CC(=O)N(C)CC(C)(C)c1cc(NC(=O)OC(C)(C)C)on1.c1ccncc1. The van der Waals surface area contributed by atoms with Gasteiger partial charge in [-0.1, -0.05) is 25.1 Å². The molecule has 154 valence electrons. The summed E-state index contributed by atoms with van der Waals surface area (Å²) in [4.78, 5) is 28.4. The molecule has 2 heterocycles. The number of carbonyl (C=O) groups is 2. The maximum Gasteiger partial charge on any atom is 0.414 e. The van der Waals surface area contributed by atoms with Crippen LogP contribution in [0.25, 0.3) is 0 Å². The highest BCUT2D eigenvalue weighted by Gasteiger charge is 2.28. The molecule has 0 saturated heterocycles. The van der Waals surface area contributed by atoms with Crippen LogP contribution >= 0.6 is 0 Å². The van der Waals surface area contributed by atoms with E-state index in [0.717, 1.165) is 0 Å². The van der Waals surface area contributed by atoms with E-state index in [1.54, 1.807) is 51.2 Å². The van der Waals surface area contributed by atoms with E-state index in [1.807, 2.05) is 32.0 Å². The van der Waals surface area contributed by atoms with E-state index >= 15 is 0 Å². The summed E-state index contributed by atoms with van der Waals surface area (Å²) >= 11 is 0. The smallest absolute Gasteiger partial charge is 0.414 e. The molecule has 0 spiro atoms. The number of hydrogen-bond donors (Lipinski definition) is 1. The molecule has 0 fully saturated rings. The third-order valence-corrected chi connectivity index (χ3v) is 3.56. The van der Waals surface area contributed by atoms with Crippen LogP contribution in [0.3, 0.4) is 0 Å². The molecule has 2 aromatic rings. The minimum atomic E-state index is -0.603. The predicted octanol–water partition coefficient (Wildman–Crippen LogP) is 3.86. The summed E-state index contributed by atoms with van der Waals surface area (Å²) in [6.07, 6.45) is 2.90. The molecule has 8 nitrogen and oxygen atoms in total. The number of carbonyl (C=O) groups excluding carboxylic acids is 2. The zero-order chi connectivity index (χ0) is 21.4. The van der Waals surface area contributed by atoms with Crippen molar-refractivity contribution in [3.8, 4) is 0 Å². The Labute approximate surface area is 166 Å². The van der Waals surface area contributed by atoms with Gasteiger partial charge in [0.05, 0.1) is 5.69 Å². The second kappa shape index (κ2) is 9.87. The van der Waals surface area contributed by atoms with Crippen molar-refractivity contribution in [2.45, 2.75) is 52.6 Å². The zero-order valence-electron chi connectivity index (χ0n) is 17.6. The van der Waals surface area contributed by atoms with Crippen LogP contribution in [-0.2, 0) is 14.9 Å². The van der Waals surface area contributed by atoms with Crippen LogP contribution in [0.15, 0.2) is 41.2 Å². The lowest BCUT2D eigenvalue weighted by atomic mass is 9.89. The quantitative estimate of drug-likeness (QED) is 0.851. The van der Waals surface area contributed by atoms with Gasteiger partial charge in [0.15, 0.2) is 0 Å². The summed E-state index contributed by atoms with van der Waals surface area (Å²) in [6.45, 7) is 11.2. The number of nitrogens with one attached hydrogen (secondary N) is 1. The number of nitrogens with zero attached hydrogens (tertiary/aromatic N) is 3. The van der Waals surface area contributed by atoms with E-state index in [4.69, 9.17) is 9.26 Å². The Morgan fingerprint density at radius 3 is 2.18 bits per heavy atom. The maximum atomic E-state index is 11.7. The molecule has 0 aliphatic rings. The van der Waals surface area contributed by atoms with Crippen LogP contribution in [0.5, 0.6) is 0 Å². The Hall–Kier alpha value is -2.90. The summed E-state index contributed by atoms with van der Waals surface area (Å²) in [5.41, 5.74) is -0.347. The van der Waals surface area contributed by atoms with E-state index in [2.05, 4.69) is 15.5 Å². The lowest BCUT2D eigenvalue weighted by molar-refractivity contribution is -0.128. The largest absolute Gasteiger partial charge is 0.444 e. The van der Waals surface area contributed by atoms with Gasteiger partial charge in [0.25, 0.3) is 0 Å². The van der Waals surface area contributed by atoms with Gasteiger partial charge in [-0.2, -0.15) is 0 Å². The Balaban J connectivity index is 0.000000552. The van der Waals surface area contributed by atoms with E-state index in [-0.39, 0.29) is 11.8 Å². The van der Waals surface area contributed by atoms with Gasteiger partial charge in [-0.15, -0.1) is 0 Å². The monoisotopic (exact) mass is 390 g/mol. The molecule has 0 aliphatic heterocycles. The number of likely N-dealkylation sites (N-methyl/N-ethyl adjacent to an activating group) is 1. The van der Waals surface area contributed by atoms with Gasteiger partial charge in [-0.25, -0.2) is 4.79 Å². The molecule has 0 saturated carbocycles. The third kappa shape index (κ3) is 8.66. The Morgan fingerprint density at radius 1 is 1.14 bits per heavy atom. The molecule has 8 heteroatoms. The summed E-state index contributed by atoms with van der Waals surface area (Å²) in [5, 5.41) is 6.46. The average Bonchev–Trinajstić information content (AvgIpc) is 3.04. The van der Waals surface area contributed by atoms with Crippen molar-refractivity contribution in [1.82, 2.24) is 15.0 Å². The second-order valence-electron chi connectivity index (χ2n) is 7.99. The number of hydrogen-bond acceptors (Lipinski definition) is 6. The van der Waals surface area contributed by atoms with Gasteiger partial charge in [-0.05, 0) is 32.9 Å². The van der Waals surface area contributed by atoms with Crippen molar-refractivity contribution >= 4 is 17.9 Å². The van der Waals surface area contributed by atoms with Gasteiger partial charge in [0.2, 0.25) is 11.8 Å². The van der Waals surface area contributed by atoms with Crippen LogP contribution in [0.4, 0.5) is 10.7 Å². The van der Waals surface area contributed by atoms with Crippen LogP contribution < -0.4 is 5.32 Å². The minimum absolute atomic E-state index is 0.0244. The van der Waals surface area contributed by atoms with Crippen LogP contribution in [0.1, 0.15) is 47.2 Å². The van der Waals surface area contributed by atoms with Crippen LogP contribution in [0.2, 0.25) is 0 Å². The molecule has 0 aromatic carbocycles. The molecule has 2 aromatic heterocycles. The normalized spacial score (nSPS) is 11.1. The van der Waals surface area contributed by atoms with Crippen LogP contribution in [-0.4, -0.2) is 46.2 Å². The molecule has 28 heavy (non-hydrogen) atoms. The van der Waals surface area contributed by atoms with E-state index in [9.17, 15) is 9.59 Å². The second-order valence-corrected chi connectivity index (χ2v) is 7.99. The van der Waals surface area contributed by atoms with Gasteiger partial charge < -0.3 is 14.2 Å². The van der Waals surface area contributed by atoms with E-state index in [1.165, 1.54) is 6.92 Å². The van der Waals surface area contributed by atoms with Crippen molar-refractivity contribution in [2.24, 2.45) is 0 Å². The molecular formula is C20H30N4O4. The first-order chi connectivity index (χ1) is 12.9. The van der Waals surface area contributed by atoms with E-state index in [0.29, 0.717) is 12.2 Å². The average molecular weight is 390 g/mol. The maximum absolute atomic E-state index is 11.7. The van der Waals surface area contributed by atoms with Crippen LogP contribution in [0, 0.1) is 0 Å². The fraction of sp³-hybridized carbons (Fsp3) is 0.500. The summed E-state index contributed by atoms with van der Waals surface area (Å²) in [7, 11) is 1.73. The number of ether oxygens (including phenoxy) is 1. The zero-order valence-corrected chi connectivity index (χ0v) is 17.6. The van der Waals surface area contributed by atoms with E-state index < -0.39 is 17.1 Å². The molecule has 0 aliphatic carbocycles. The van der Waals surface area contributed by atoms with Gasteiger partial charge >= 0.3 is 6.09 Å². The first-order valence-electron chi connectivity index (χ1n) is 8.94. The first-order valence-corrected chi connectivity index (χ1v) is 8.94. The Kier molecular flexibility index (Phi) is 8.16.